The SMILES string of the molecule is COC(=O)N1CCN(c2nc(Nc3cc(C4CC4)[nH]n3)nc(N3CCCC3)n2)CC1. The van der Waals surface area contributed by atoms with E-state index in [1.165, 1.54) is 20.0 Å². The minimum absolute atomic E-state index is 0.296. The Kier molecular flexibility index (Phi) is 5.01. The molecule has 1 aliphatic carbocycles. The number of rotatable bonds is 5. The van der Waals surface area contributed by atoms with Crippen molar-refractivity contribution < 1.29 is 9.53 Å². The van der Waals surface area contributed by atoms with Crippen LogP contribution < -0.4 is 15.1 Å². The molecule has 0 aromatic carbocycles. The second-order valence-electron chi connectivity index (χ2n) is 8.01. The molecule has 0 bridgehead atoms. The summed E-state index contributed by atoms with van der Waals surface area (Å²) >= 11 is 0. The zero-order valence-corrected chi connectivity index (χ0v) is 17.2. The number of carbonyl (C=O) groups is 1. The first-order valence-corrected chi connectivity index (χ1v) is 10.6. The van der Waals surface area contributed by atoms with Gasteiger partial charge in [0.2, 0.25) is 17.8 Å². The molecule has 3 fully saturated rings. The smallest absolute Gasteiger partial charge is 0.409 e. The number of nitrogens with zero attached hydrogens (tertiary/aromatic N) is 7. The number of aromatic amines is 1. The van der Waals surface area contributed by atoms with Crippen molar-refractivity contribution in [2.24, 2.45) is 0 Å². The monoisotopic (exact) mass is 413 g/mol. The highest BCUT2D eigenvalue weighted by molar-refractivity contribution is 5.67. The van der Waals surface area contributed by atoms with Crippen LogP contribution in [0.2, 0.25) is 0 Å². The first kappa shape index (κ1) is 18.9. The van der Waals surface area contributed by atoms with Crippen molar-refractivity contribution in [3.8, 4) is 0 Å². The van der Waals surface area contributed by atoms with Crippen molar-refractivity contribution >= 4 is 29.8 Å². The molecule has 1 saturated carbocycles. The molecular formula is C19H27N9O2. The minimum atomic E-state index is -0.296. The molecule has 2 aromatic heterocycles. The summed E-state index contributed by atoms with van der Waals surface area (Å²) in [5.41, 5.74) is 1.16. The second-order valence-corrected chi connectivity index (χ2v) is 8.01. The van der Waals surface area contributed by atoms with Crippen molar-refractivity contribution in [2.75, 3.05) is 61.5 Å². The van der Waals surface area contributed by atoms with Crippen molar-refractivity contribution in [1.29, 1.82) is 0 Å². The van der Waals surface area contributed by atoms with E-state index in [1.54, 1.807) is 4.90 Å². The first-order valence-electron chi connectivity index (χ1n) is 10.6. The number of aromatic nitrogens is 5. The third-order valence-corrected chi connectivity index (χ3v) is 5.85. The van der Waals surface area contributed by atoms with Gasteiger partial charge in [-0.25, -0.2) is 4.79 Å². The number of methoxy groups -OCH3 is 1. The number of H-pyrrole nitrogens is 1. The maximum absolute atomic E-state index is 11.8. The summed E-state index contributed by atoms with van der Waals surface area (Å²) in [6.45, 7) is 4.34. The lowest BCUT2D eigenvalue weighted by Gasteiger charge is -2.34. The van der Waals surface area contributed by atoms with Crippen LogP contribution in [-0.4, -0.2) is 82.5 Å². The summed E-state index contributed by atoms with van der Waals surface area (Å²) in [6, 6.07) is 2.03. The molecule has 0 spiro atoms. The van der Waals surface area contributed by atoms with Crippen LogP contribution in [0.4, 0.5) is 28.5 Å². The second kappa shape index (κ2) is 7.96. The predicted molar refractivity (Wildman–Crippen MR) is 111 cm³/mol. The van der Waals surface area contributed by atoms with Crippen LogP contribution >= 0.6 is 0 Å². The van der Waals surface area contributed by atoms with E-state index >= 15 is 0 Å². The molecule has 0 radical (unpaired) electrons. The van der Waals surface area contributed by atoms with Gasteiger partial charge < -0.3 is 24.8 Å². The number of anilines is 4. The number of amides is 1. The summed E-state index contributed by atoms with van der Waals surface area (Å²) in [4.78, 5) is 31.8. The van der Waals surface area contributed by atoms with E-state index in [9.17, 15) is 4.79 Å². The number of hydrogen-bond donors (Lipinski definition) is 2. The normalized spacial score (nSPS) is 19.3. The highest BCUT2D eigenvalue weighted by Crippen LogP contribution is 2.39. The van der Waals surface area contributed by atoms with Crippen LogP contribution in [0, 0.1) is 0 Å². The molecule has 160 valence electrons. The van der Waals surface area contributed by atoms with E-state index in [2.05, 4.69) is 35.3 Å². The Bertz CT molecular complexity index is 899. The molecule has 2 N–H and O–H groups in total. The van der Waals surface area contributed by atoms with E-state index in [0.29, 0.717) is 49.9 Å². The molecule has 11 heteroatoms. The van der Waals surface area contributed by atoms with Crippen molar-refractivity contribution in [2.45, 2.75) is 31.6 Å². The Morgan fingerprint density at radius 3 is 2.33 bits per heavy atom. The average Bonchev–Trinajstić information content (AvgIpc) is 3.28. The van der Waals surface area contributed by atoms with Gasteiger partial charge in [0.1, 0.15) is 0 Å². The van der Waals surface area contributed by atoms with Gasteiger partial charge in [-0.2, -0.15) is 20.1 Å². The zero-order chi connectivity index (χ0) is 20.5. The molecule has 5 rings (SSSR count). The number of piperazine rings is 1. The van der Waals surface area contributed by atoms with Crippen LogP contribution in [0.1, 0.15) is 37.3 Å². The topological polar surface area (TPSA) is 115 Å². The average molecular weight is 413 g/mol. The Labute approximate surface area is 174 Å². The third kappa shape index (κ3) is 3.96. The summed E-state index contributed by atoms with van der Waals surface area (Å²) in [6.07, 6.45) is 4.43. The fourth-order valence-corrected chi connectivity index (χ4v) is 3.95. The van der Waals surface area contributed by atoms with Gasteiger partial charge in [0.25, 0.3) is 0 Å². The molecule has 30 heavy (non-hydrogen) atoms. The highest BCUT2D eigenvalue weighted by Gasteiger charge is 2.27. The van der Waals surface area contributed by atoms with Gasteiger partial charge in [0.05, 0.1) is 7.11 Å². The zero-order valence-electron chi connectivity index (χ0n) is 17.2. The fraction of sp³-hybridized carbons (Fsp3) is 0.632. The molecule has 2 saturated heterocycles. The maximum Gasteiger partial charge on any atom is 0.409 e. The first-order chi connectivity index (χ1) is 14.7. The predicted octanol–water partition coefficient (Wildman–Crippen LogP) is 1.70. The van der Waals surface area contributed by atoms with Gasteiger partial charge >= 0.3 is 6.09 Å². The van der Waals surface area contributed by atoms with E-state index in [1.807, 2.05) is 6.07 Å². The van der Waals surface area contributed by atoms with Gasteiger partial charge in [0.15, 0.2) is 5.82 Å². The van der Waals surface area contributed by atoms with Crippen LogP contribution in [0.15, 0.2) is 6.07 Å². The van der Waals surface area contributed by atoms with Crippen LogP contribution in [0.25, 0.3) is 0 Å². The van der Waals surface area contributed by atoms with Crippen molar-refractivity contribution in [1.82, 2.24) is 30.0 Å². The largest absolute Gasteiger partial charge is 0.453 e. The van der Waals surface area contributed by atoms with Crippen LogP contribution in [0.3, 0.4) is 0 Å². The van der Waals surface area contributed by atoms with E-state index in [0.717, 1.165) is 37.4 Å². The Morgan fingerprint density at radius 2 is 1.70 bits per heavy atom. The molecule has 2 aromatic rings. The summed E-state index contributed by atoms with van der Waals surface area (Å²) in [7, 11) is 1.41. The van der Waals surface area contributed by atoms with Gasteiger partial charge in [-0.1, -0.05) is 0 Å². The Morgan fingerprint density at radius 1 is 1.03 bits per heavy atom. The molecule has 0 unspecified atom stereocenters. The Hall–Kier alpha value is -3.11. The fourth-order valence-electron chi connectivity index (χ4n) is 3.95. The molecule has 4 heterocycles. The number of carbonyl (C=O) groups excluding carboxylic acids is 1. The number of nitrogens with one attached hydrogen (secondary N) is 2. The Balaban J connectivity index is 1.36. The van der Waals surface area contributed by atoms with Gasteiger partial charge in [0, 0.05) is 56.9 Å². The molecule has 3 aliphatic rings. The molecule has 11 nitrogen and oxygen atoms in total. The van der Waals surface area contributed by atoms with Crippen LogP contribution in [0.5, 0.6) is 0 Å². The van der Waals surface area contributed by atoms with Gasteiger partial charge in [-0.15, -0.1) is 0 Å². The lowest BCUT2D eigenvalue weighted by atomic mass is 10.3. The molecule has 2 aliphatic heterocycles. The number of hydrogen-bond acceptors (Lipinski definition) is 9. The van der Waals surface area contributed by atoms with E-state index in [-0.39, 0.29) is 6.09 Å². The van der Waals surface area contributed by atoms with Gasteiger partial charge in [-0.3, -0.25) is 5.10 Å². The minimum Gasteiger partial charge on any atom is -0.453 e. The summed E-state index contributed by atoms with van der Waals surface area (Å²) < 4.78 is 4.83. The van der Waals surface area contributed by atoms with Crippen molar-refractivity contribution in [3.63, 3.8) is 0 Å². The maximum atomic E-state index is 11.8. The number of ether oxygens (including phenoxy) is 1. The standard InChI is InChI=1S/C19H27N9O2/c1-30-19(29)28-10-8-27(9-11-28)18-22-16(21-17(23-18)26-6-2-3-7-26)20-15-12-14(24-25-15)13-4-5-13/h12-13H,2-11H2,1H3,(H2,20,21,22,23,24,25). The quantitative estimate of drug-likeness (QED) is 0.755. The molecular weight excluding hydrogens is 386 g/mol. The lowest BCUT2D eigenvalue weighted by Crippen LogP contribution is -2.49. The molecule has 0 atom stereocenters. The summed E-state index contributed by atoms with van der Waals surface area (Å²) in [5, 5.41) is 10.7. The van der Waals surface area contributed by atoms with Crippen LogP contribution in [-0.2, 0) is 4.74 Å². The third-order valence-electron chi connectivity index (χ3n) is 5.85. The summed E-state index contributed by atoms with van der Waals surface area (Å²) in [5.74, 6) is 3.13. The van der Waals surface area contributed by atoms with E-state index < -0.39 is 0 Å². The van der Waals surface area contributed by atoms with Crippen molar-refractivity contribution in [3.05, 3.63) is 11.8 Å². The molecule has 1 amide bonds. The highest BCUT2D eigenvalue weighted by atomic mass is 16.5. The van der Waals surface area contributed by atoms with E-state index in [4.69, 9.17) is 9.72 Å². The van der Waals surface area contributed by atoms with Gasteiger partial charge in [-0.05, 0) is 25.7 Å². The lowest BCUT2D eigenvalue weighted by molar-refractivity contribution is 0.121.